The maximum Gasteiger partial charge on any atom is 0.193 e. The summed E-state index contributed by atoms with van der Waals surface area (Å²) in [7, 11) is 0. The van der Waals surface area contributed by atoms with E-state index in [1.807, 2.05) is 12.1 Å². The number of benzene rings is 6. The SMILES string of the molecule is Cc1ccccc1-c1ccc(-c2ccc(C(=O)c3ccc4c(c3)C(C)(C)c3c-4ccc(-c4ccccc4C)c3C)cc2C)c(C)c1C. The van der Waals surface area contributed by atoms with Crippen molar-refractivity contribution in [3.63, 3.8) is 0 Å². The molecule has 0 atom stereocenters. The lowest BCUT2D eigenvalue weighted by Crippen LogP contribution is -2.17. The van der Waals surface area contributed by atoms with Gasteiger partial charge in [-0.1, -0.05) is 111 Å². The molecule has 6 aromatic rings. The minimum Gasteiger partial charge on any atom is -0.289 e. The molecule has 0 spiro atoms. The van der Waals surface area contributed by atoms with E-state index < -0.39 is 0 Å². The number of ketones is 1. The lowest BCUT2D eigenvalue weighted by atomic mass is 9.78. The Morgan fingerprint density at radius 1 is 0.426 bits per heavy atom. The fourth-order valence-electron chi connectivity index (χ4n) is 8.03. The molecular formula is C46H42O. The summed E-state index contributed by atoms with van der Waals surface area (Å²) >= 11 is 0. The molecule has 0 heterocycles. The lowest BCUT2D eigenvalue weighted by Gasteiger charge is -2.25. The molecular weight excluding hydrogens is 569 g/mol. The van der Waals surface area contributed by atoms with Crippen LogP contribution in [0.25, 0.3) is 44.5 Å². The standard InChI is InChI=1S/C46H42O/c1-27-13-9-11-15-35(27)38-21-22-39(31(5)30(38)4)37-19-17-33(25-29(37)3)45(47)34-18-20-41-42-24-23-40(36-16-12-10-14-28(36)2)32(6)44(42)46(7,8)43(41)26-34/h9-26H,1-8H3. The highest BCUT2D eigenvalue weighted by molar-refractivity contribution is 6.10. The summed E-state index contributed by atoms with van der Waals surface area (Å²) in [6.07, 6.45) is 0. The number of hydrogen-bond donors (Lipinski definition) is 0. The van der Waals surface area contributed by atoms with Crippen LogP contribution in [0.4, 0.5) is 0 Å². The fraction of sp³-hybridized carbons (Fsp3) is 0.196. The molecule has 0 radical (unpaired) electrons. The van der Waals surface area contributed by atoms with E-state index in [0.29, 0.717) is 0 Å². The van der Waals surface area contributed by atoms with Gasteiger partial charge in [-0.25, -0.2) is 0 Å². The van der Waals surface area contributed by atoms with Crippen LogP contribution in [0, 0.1) is 41.5 Å². The van der Waals surface area contributed by atoms with E-state index in [0.717, 1.165) is 16.7 Å². The summed E-state index contributed by atoms with van der Waals surface area (Å²) in [6.45, 7) is 17.7. The van der Waals surface area contributed by atoms with Gasteiger partial charge in [-0.05, 0) is 143 Å². The second kappa shape index (κ2) is 11.4. The van der Waals surface area contributed by atoms with Crippen LogP contribution >= 0.6 is 0 Å². The van der Waals surface area contributed by atoms with Gasteiger partial charge >= 0.3 is 0 Å². The van der Waals surface area contributed by atoms with Gasteiger partial charge in [-0.15, -0.1) is 0 Å². The minimum atomic E-state index is -0.219. The summed E-state index contributed by atoms with van der Waals surface area (Å²) < 4.78 is 0. The molecule has 0 amide bonds. The first-order chi connectivity index (χ1) is 22.5. The third-order valence-electron chi connectivity index (χ3n) is 10.8. The van der Waals surface area contributed by atoms with Crippen molar-refractivity contribution in [1.29, 1.82) is 0 Å². The van der Waals surface area contributed by atoms with Crippen LogP contribution in [-0.4, -0.2) is 5.78 Å². The smallest absolute Gasteiger partial charge is 0.193 e. The highest BCUT2D eigenvalue weighted by atomic mass is 16.1. The molecule has 1 aliphatic carbocycles. The maximum absolute atomic E-state index is 14.0. The van der Waals surface area contributed by atoms with Crippen LogP contribution in [-0.2, 0) is 5.41 Å². The van der Waals surface area contributed by atoms with E-state index in [4.69, 9.17) is 0 Å². The van der Waals surface area contributed by atoms with Crippen molar-refractivity contribution in [2.75, 3.05) is 0 Å². The number of carbonyl (C=O) groups is 1. The molecule has 0 fully saturated rings. The topological polar surface area (TPSA) is 17.1 Å². The molecule has 0 aliphatic heterocycles. The fourth-order valence-corrected chi connectivity index (χ4v) is 8.03. The summed E-state index contributed by atoms with van der Waals surface area (Å²) in [5, 5.41) is 0. The average Bonchev–Trinajstić information content (AvgIpc) is 3.29. The molecule has 0 N–H and O–H groups in total. The average molecular weight is 611 g/mol. The highest BCUT2D eigenvalue weighted by Crippen LogP contribution is 2.52. The van der Waals surface area contributed by atoms with Gasteiger partial charge in [-0.3, -0.25) is 4.79 Å². The van der Waals surface area contributed by atoms with Gasteiger partial charge in [0, 0.05) is 16.5 Å². The molecule has 1 aliphatic rings. The third kappa shape index (κ3) is 4.88. The van der Waals surface area contributed by atoms with Crippen LogP contribution in [0.5, 0.6) is 0 Å². The van der Waals surface area contributed by atoms with Gasteiger partial charge in [-0.2, -0.15) is 0 Å². The molecule has 232 valence electrons. The maximum atomic E-state index is 14.0. The molecule has 0 aromatic heterocycles. The minimum absolute atomic E-state index is 0.0642. The predicted octanol–water partition coefficient (Wildman–Crippen LogP) is 12.1. The molecule has 0 saturated carbocycles. The molecule has 1 heteroatoms. The monoisotopic (exact) mass is 610 g/mol. The zero-order valence-corrected chi connectivity index (χ0v) is 28.8. The molecule has 0 bridgehead atoms. The van der Waals surface area contributed by atoms with E-state index in [1.165, 1.54) is 83.5 Å². The van der Waals surface area contributed by atoms with Gasteiger partial charge < -0.3 is 0 Å². The largest absolute Gasteiger partial charge is 0.289 e. The van der Waals surface area contributed by atoms with Gasteiger partial charge in [0.25, 0.3) is 0 Å². The van der Waals surface area contributed by atoms with Crippen LogP contribution in [0.15, 0.2) is 109 Å². The van der Waals surface area contributed by atoms with E-state index in [1.54, 1.807) is 0 Å². The first kappa shape index (κ1) is 30.6. The van der Waals surface area contributed by atoms with Crippen LogP contribution in [0.3, 0.4) is 0 Å². The van der Waals surface area contributed by atoms with E-state index >= 15 is 0 Å². The first-order valence-corrected chi connectivity index (χ1v) is 16.7. The van der Waals surface area contributed by atoms with Gasteiger partial charge in [0.15, 0.2) is 5.78 Å². The third-order valence-corrected chi connectivity index (χ3v) is 10.8. The van der Waals surface area contributed by atoms with E-state index in [2.05, 4.69) is 152 Å². The Morgan fingerprint density at radius 2 is 0.851 bits per heavy atom. The van der Waals surface area contributed by atoms with Crippen molar-refractivity contribution in [1.82, 2.24) is 0 Å². The van der Waals surface area contributed by atoms with Crippen LogP contribution in [0.1, 0.15) is 74.3 Å². The van der Waals surface area contributed by atoms with E-state index in [9.17, 15) is 4.79 Å². The molecule has 0 saturated heterocycles. The van der Waals surface area contributed by atoms with Crippen LogP contribution < -0.4 is 0 Å². The predicted molar refractivity (Wildman–Crippen MR) is 199 cm³/mol. The highest BCUT2D eigenvalue weighted by Gasteiger charge is 2.38. The summed E-state index contributed by atoms with van der Waals surface area (Å²) in [4.78, 5) is 14.0. The zero-order valence-electron chi connectivity index (χ0n) is 28.8. The normalized spacial score (nSPS) is 12.9. The first-order valence-electron chi connectivity index (χ1n) is 16.7. The van der Waals surface area contributed by atoms with Crippen molar-refractivity contribution < 1.29 is 4.79 Å². The van der Waals surface area contributed by atoms with E-state index in [-0.39, 0.29) is 11.2 Å². The second-order valence-electron chi connectivity index (χ2n) is 13.9. The summed E-state index contributed by atoms with van der Waals surface area (Å²) in [5.41, 5.74) is 21.4. The number of aryl methyl sites for hydroxylation is 3. The number of carbonyl (C=O) groups excluding carboxylic acids is 1. The Bertz CT molecular complexity index is 2240. The van der Waals surface area contributed by atoms with Crippen molar-refractivity contribution in [3.8, 4) is 44.5 Å². The zero-order chi connectivity index (χ0) is 33.2. The molecule has 6 aromatic carbocycles. The second-order valence-corrected chi connectivity index (χ2v) is 13.9. The van der Waals surface area contributed by atoms with Crippen LogP contribution in [0.2, 0.25) is 0 Å². The molecule has 1 nitrogen and oxygen atoms in total. The quantitative estimate of drug-likeness (QED) is 0.178. The van der Waals surface area contributed by atoms with Crippen molar-refractivity contribution in [3.05, 3.63) is 165 Å². The summed E-state index contributed by atoms with van der Waals surface area (Å²) in [5.74, 6) is 0.0642. The molecule has 0 unspecified atom stereocenters. The van der Waals surface area contributed by atoms with Gasteiger partial charge in [0.05, 0.1) is 0 Å². The Morgan fingerprint density at radius 3 is 1.38 bits per heavy atom. The Kier molecular flexibility index (Phi) is 7.40. The Balaban J connectivity index is 1.22. The molecule has 7 rings (SSSR count). The number of rotatable bonds is 5. The van der Waals surface area contributed by atoms with Gasteiger partial charge in [0.1, 0.15) is 0 Å². The van der Waals surface area contributed by atoms with Crippen molar-refractivity contribution in [2.24, 2.45) is 0 Å². The Hall–Kier alpha value is -5.01. The van der Waals surface area contributed by atoms with Crippen molar-refractivity contribution in [2.45, 2.75) is 60.8 Å². The number of hydrogen-bond acceptors (Lipinski definition) is 1. The number of fused-ring (bicyclic) bond motifs is 3. The lowest BCUT2D eigenvalue weighted by molar-refractivity contribution is 0.103. The molecule has 47 heavy (non-hydrogen) atoms. The van der Waals surface area contributed by atoms with Crippen molar-refractivity contribution >= 4 is 5.78 Å². The Labute approximate surface area is 280 Å². The summed E-state index contributed by atoms with van der Waals surface area (Å²) in [6, 6.07) is 38.7. The van der Waals surface area contributed by atoms with Gasteiger partial charge in [0.2, 0.25) is 0 Å².